The molecule has 3 aromatic rings. The van der Waals surface area contributed by atoms with E-state index in [0.29, 0.717) is 41.7 Å². The lowest BCUT2D eigenvalue weighted by Crippen LogP contribution is -2.33. The highest BCUT2D eigenvalue weighted by atomic mass is 19.4. The largest absolute Gasteiger partial charge is 0.416 e. The molecule has 4 rings (SSSR count). The van der Waals surface area contributed by atoms with Gasteiger partial charge in [-0.05, 0) is 29.7 Å². The first-order chi connectivity index (χ1) is 14.1. The predicted molar refractivity (Wildman–Crippen MR) is 101 cm³/mol. The Kier molecular flexibility index (Phi) is 4.69. The minimum absolute atomic E-state index is 0.182. The Morgan fingerprint density at radius 3 is 2.37 bits per heavy atom. The summed E-state index contributed by atoms with van der Waals surface area (Å²) in [5.74, 6) is 0. The van der Waals surface area contributed by atoms with Gasteiger partial charge in [-0.3, -0.25) is 24.6 Å². The summed E-state index contributed by atoms with van der Waals surface area (Å²) in [6.45, 7) is 0.976. The normalized spacial score (nSPS) is 14.6. The molecular weight excluding hydrogens is 405 g/mol. The van der Waals surface area contributed by atoms with Gasteiger partial charge in [-0.1, -0.05) is 12.1 Å². The van der Waals surface area contributed by atoms with Crippen molar-refractivity contribution in [1.82, 2.24) is 14.9 Å². The van der Waals surface area contributed by atoms with Crippen LogP contribution in [0.3, 0.4) is 0 Å². The van der Waals surface area contributed by atoms with Gasteiger partial charge in [0.25, 0.3) is 5.69 Å². The second kappa shape index (κ2) is 7.10. The molecule has 1 aromatic heterocycles. The van der Waals surface area contributed by atoms with E-state index in [0.717, 1.165) is 12.1 Å². The fraction of sp³-hybridized carbons (Fsp3) is 0.263. The number of aromatic nitrogens is 2. The van der Waals surface area contributed by atoms with Crippen molar-refractivity contribution in [2.75, 3.05) is 6.54 Å². The van der Waals surface area contributed by atoms with Crippen LogP contribution in [0.5, 0.6) is 0 Å². The van der Waals surface area contributed by atoms with E-state index in [4.69, 9.17) is 0 Å². The first kappa shape index (κ1) is 19.8. The number of aromatic amines is 2. The topological polar surface area (TPSA) is 112 Å². The zero-order valence-corrected chi connectivity index (χ0v) is 15.4. The van der Waals surface area contributed by atoms with E-state index < -0.39 is 27.8 Å². The summed E-state index contributed by atoms with van der Waals surface area (Å²) in [4.78, 5) is 41.1. The van der Waals surface area contributed by atoms with Crippen molar-refractivity contribution < 1.29 is 18.1 Å². The van der Waals surface area contributed by atoms with Gasteiger partial charge < -0.3 is 9.97 Å². The minimum atomic E-state index is -4.41. The second-order valence-corrected chi connectivity index (χ2v) is 7.10. The highest BCUT2D eigenvalue weighted by molar-refractivity contribution is 5.83. The monoisotopic (exact) mass is 420 g/mol. The van der Waals surface area contributed by atoms with Crippen molar-refractivity contribution >= 4 is 16.7 Å². The number of rotatable bonds is 3. The summed E-state index contributed by atoms with van der Waals surface area (Å²) in [5, 5.41) is 11.6. The van der Waals surface area contributed by atoms with Gasteiger partial charge in [0.15, 0.2) is 0 Å². The minimum Gasteiger partial charge on any atom is -0.316 e. The number of nitrogens with one attached hydrogen (secondary N) is 2. The molecule has 2 heterocycles. The van der Waals surface area contributed by atoms with Gasteiger partial charge in [-0.2, -0.15) is 13.2 Å². The number of nitro benzene ring substituents is 1. The molecule has 0 saturated carbocycles. The van der Waals surface area contributed by atoms with Crippen LogP contribution < -0.4 is 11.1 Å². The van der Waals surface area contributed by atoms with E-state index in [9.17, 15) is 32.9 Å². The Hall–Kier alpha value is -3.47. The summed E-state index contributed by atoms with van der Waals surface area (Å²) in [6.07, 6.45) is -4.04. The average Bonchev–Trinajstić information content (AvgIpc) is 2.68. The molecular formula is C19H15F3N4O4. The van der Waals surface area contributed by atoms with Crippen LogP contribution in [0.1, 0.15) is 22.3 Å². The fourth-order valence-electron chi connectivity index (χ4n) is 3.73. The number of nitrogens with zero attached hydrogens (tertiary/aromatic N) is 2. The van der Waals surface area contributed by atoms with Gasteiger partial charge in [0.2, 0.25) is 0 Å². The fourth-order valence-corrected chi connectivity index (χ4v) is 3.73. The molecule has 0 radical (unpaired) electrons. The van der Waals surface area contributed by atoms with Crippen LogP contribution >= 0.6 is 0 Å². The summed E-state index contributed by atoms with van der Waals surface area (Å²) in [5.41, 5.74) is -0.484. The second-order valence-electron chi connectivity index (χ2n) is 7.10. The molecule has 0 spiro atoms. The Bertz CT molecular complexity index is 1260. The van der Waals surface area contributed by atoms with E-state index in [1.54, 1.807) is 0 Å². The van der Waals surface area contributed by atoms with Gasteiger partial charge in [0.1, 0.15) is 0 Å². The third-order valence-corrected chi connectivity index (χ3v) is 5.16. The van der Waals surface area contributed by atoms with Crippen molar-refractivity contribution in [3.8, 4) is 0 Å². The van der Waals surface area contributed by atoms with Gasteiger partial charge in [-0.25, -0.2) is 0 Å². The molecule has 0 unspecified atom stereocenters. The molecule has 0 saturated heterocycles. The lowest BCUT2D eigenvalue weighted by molar-refractivity contribution is -0.385. The number of hydrogen-bond acceptors (Lipinski definition) is 5. The molecule has 0 atom stereocenters. The zero-order chi connectivity index (χ0) is 21.6. The Morgan fingerprint density at radius 1 is 1.07 bits per heavy atom. The van der Waals surface area contributed by atoms with Crippen LogP contribution in [0.15, 0.2) is 39.9 Å². The smallest absolute Gasteiger partial charge is 0.316 e. The van der Waals surface area contributed by atoms with Crippen LogP contribution in [-0.4, -0.2) is 26.3 Å². The quantitative estimate of drug-likeness (QED) is 0.384. The van der Waals surface area contributed by atoms with Crippen LogP contribution in [-0.2, 0) is 25.7 Å². The summed E-state index contributed by atoms with van der Waals surface area (Å²) >= 11 is 0. The van der Waals surface area contributed by atoms with Crippen LogP contribution in [0.2, 0.25) is 0 Å². The molecule has 30 heavy (non-hydrogen) atoms. The maximum absolute atomic E-state index is 12.7. The standard InChI is InChI=1S/C19H15F3N4O4/c20-19(21,22)11-3-1-10(2-4-11)8-25-6-5-12-13(9-25)15(26(29)30)7-14-16(12)24-18(28)17(27)23-14/h1-4,7H,5-6,8-9H2,(H,23,27)(H,24,28). The van der Waals surface area contributed by atoms with Crippen molar-refractivity contribution in [2.45, 2.75) is 25.7 Å². The number of alkyl halides is 3. The molecule has 0 aliphatic carbocycles. The highest BCUT2D eigenvalue weighted by Gasteiger charge is 2.31. The molecule has 1 aliphatic heterocycles. The van der Waals surface area contributed by atoms with E-state index in [-0.39, 0.29) is 17.7 Å². The molecule has 0 amide bonds. The van der Waals surface area contributed by atoms with Gasteiger partial charge >= 0.3 is 17.3 Å². The van der Waals surface area contributed by atoms with Crippen LogP contribution in [0, 0.1) is 10.1 Å². The number of benzene rings is 2. The Balaban J connectivity index is 1.68. The van der Waals surface area contributed by atoms with Crippen molar-refractivity contribution in [3.05, 3.63) is 83.4 Å². The van der Waals surface area contributed by atoms with Crippen LogP contribution in [0.25, 0.3) is 11.0 Å². The number of nitro groups is 1. The van der Waals surface area contributed by atoms with E-state index in [1.807, 2.05) is 4.90 Å². The molecule has 2 aromatic carbocycles. The van der Waals surface area contributed by atoms with Crippen LogP contribution in [0.4, 0.5) is 18.9 Å². The molecule has 1 aliphatic rings. The Morgan fingerprint density at radius 2 is 1.73 bits per heavy atom. The highest BCUT2D eigenvalue weighted by Crippen LogP contribution is 2.34. The maximum atomic E-state index is 12.7. The van der Waals surface area contributed by atoms with Gasteiger partial charge in [0, 0.05) is 31.3 Å². The average molecular weight is 420 g/mol. The molecule has 156 valence electrons. The van der Waals surface area contributed by atoms with E-state index >= 15 is 0 Å². The summed E-state index contributed by atoms with van der Waals surface area (Å²) in [6, 6.07) is 5.99. The first-order valence-electron chi connectivity index (χ1n) is 8.97. The van der Waals surface area contributed by atoms with Gasteiger partial charge in [-0.15, -0.1) is 0 Å². The molecule has 2 N–H and O–H groups in total. The zero-order valence-electron chi connectivity index (χ0n) is 15.4. The Labute approximate surface area is 166 Å². The van der Waals surface area contributed by atoms with E-state index in [2.05, 4.69) is 9.97 Å². The lowest BCUT2D eigenvalue weighted by atomic mass is 9.95. The molecule has 11 heteroatoms. The predicted octanol–water partition coefficient (Wildman–Crippen LogP) is 2.70. The number of hydrogen-bond donors (Lipinski definition) is 2. The molecule has 8 nitrogen and oxygen atoms in total. The molecule has 0 bridgehead atoms. The number of fused-ring (bicyclic) bond motifs is 3. The summed E-state index contributed by atoms with van der Waals surface area (Å²) in [7, 11) is 0. The third kappa shape index (κ3) is 3.59. The SMILES string of the molecule is O=c1[nH]c2cc([N+](=O)[O-])c3c(c2[nH]c1=O)CCN(Cc1ccc(C(F)(F)F)cc1)C3. The summed E-state index contributed by atoms with van der Waals surface area (Å²) < 4.78 is 38.2. The van der Waals surface area contributed by atoms with Gasteiger partial charge in [0.05, 0.1) is 21.5 Å². The van der Waals surface area contributed by atoms with Crippen molar-refractivity contribution in [1.29, 1.82) is 0 Å². The van der Waals surface area contributed by atoms with E-state index in [1.165, 1.54) is 18.2 Å². The van der Waals surface area contributed by atoms with Crippen molar-refractivity contribution in [3.63, 3.8) is 0 Å². The molecule has 0 fully saturated rings. The lowest BCUT2D eigenvalue weighted by Gasteiger charge is -2.29. The number of halogens is 3. The third-order valence-electron chi connectivity index (χ3n) is 5.16. The van der Waals surface area contributed by atoms with Crippen molar-refractivity contribution in [2.24, 2.45) is 0 Å². The first-order valence-corrected chi connectivity index (χ1v) is 8.97. The number of H-pyrrole nitrogens is 2. The maximum Gasteiger partial charge on any atom is 0.416 e.